The SMILES string of the molecule is CCOC(=O)[C@H]1[C@@H]2O[C@@]3(CC2Br)[C@@H]1C(=O)N(CCCCCO)[C@@H]3C(=O)NC(C)(C)C. The molecular weight excluding hydrogens is 456 g/mol. The third-order valence-electron chi connectivity index (χ3n) is 6.15. The van der Waals surface area contributed by atoms with Gasteiger partial charge in [0.05, 0.1) is 24.5 Å². The lowest BCUT2D eigenvalue weighted by molar-refractivity contribution is -0.154. The van der Waals surface area contributed by atoms with E-state index in [1.54, 1.807) is 11.8 Å². The zero-order valence-electron chi connectivity index (χ0n) is 18.2. The van der Waals surface area contributed by atoms with E-state index >= 15 is 0 Å². The van der Waals surface area contributed by atoms with Gasteiger partial charge >= 0.3 is 5.97 Å². The molecular formula is C21H33BrN2O6. The molecule has 0 aliphatic carbocycles. The van der Waals surface area contributed by atoms with Gasteiger partial charge in [0.25, 0.3) is 0 Å². The molecule has 3 rings (SSSR count). The number of likely N-dealkylation sites (tertiary alicyclic amines) is 1. The molecule has 1 unspecified atom stereocenters. The second-order valence-electron chi connectivity index (χ2n) is 9.47. The highest BCUT2D eigenvalue weighted by Crippen LogP contribution is 2.60. The summed E-state index contributed by atoms with van der Waals surface area (Å²) in [5.41, 5.74) is -1.51. The summed E-state index contributed by atoms with van der Waals surface area (Å²) in [7, 11) is 0. The molecule has 0 radical (unpaired) electrons. The van der Waals surface area contributed by atoms with Gasteiger partial charge in [0, 0.05) is 23.5 Å². The van der Waals surface area contributed by atoms with Crippen molar-refractivity contribution in [1.29, 1.82) is 0 Å². The number of aliphatic hydroxyl groups is 1. The van der Waals surface area contributed by atoms with Gasteiger partial charge in [-0.1, -0.05) is 15.9 Å². The van der Waals surface area contributed by atoms with Crippen LogP contribution in [0.5, 0.6) is 0 Å². The summed E-state index contributed by atoms with van der Waals surface area (Å²) in [6, 6.07) is -0.798. The van der Waals surface area contributed by atoms with E-state index in [4.69, 9.17) is 14.6 Å². The maximum Gasteiger partial charge on any atom is 0.312 e. The molecule has 1 spiro atoms. The number of rotatable bonds is 8. The van der Waals surface area contributed by atoms with Crippen LogP contribution in [-0.4, -0.2) is 75.7 Å². The number of fused-ring (bicyclic) bond motifs is 1. The van der Waals surface area contributed by atoms with Crippen LogP contribution in [0.15, 0.2) is 0 Å². The number of esters is 1. The minimum absolute atomic E-state index is 0.0927. The first-order valence-corrected chi connectivity index (χ1v) is 11.7. The molecule has 2 bridgehead atoms. The predicted octanol–water partition coefficient (Wildman–Crippen LogP) is 1.37. The Hall–Kier alpha value is -1.19. The fraction of sp³-hybridized carbons (Fsp3) is 0.857. The van der Waals surface area contributed by atoms with E-state index in [0.29, 0.717) is 25.8 Å². The summed E-state index contributed by atoms with van der Waals surface area (Å²) < 4.78 is 11.6. The molecule has 3 heterocycles. The van der Waals surface area contributed by atoms with Crippen LogP contribution >= 0.6 is 15.9 Å². The van der Waals surface area contributed by atoms with Crippen LogP contribution in [0.4, 0.5) is 0 Å². The van der Waals surface area contributed by atoms with E-state index in [1.807, 2.05) is 20.8 Å². The zero-order chi connectivity index (χ0) is 22.3. The zero-order valence-corrected chi connectivity index (χ0v) is 19.7. The first-order chi connectivity index (χ1) is 14.1. The summed E-state index contributed by atoms with van der Waals surface area (Å²) in [4.78, 5) is 41.1. The second-order valence-corrected chi connectivity index (χ2v) is 10.6. The number of aliphatic hydroxyl groups excluding tert-OH is 1. The fourth-order valence-corrected chi connectivity index (χ4v) is 6.13. The van der Waals surface area contributed by atoms with E-state index < -0.39 is 41.1 Å². The molecule has 2 amide bonds. The summed E-state index contributed by atoms with van der Waals surface area (Å²) in [5, 5.41) is 12.1. The summed E-state index contributed by atoms with van der Waals surface area (Å²) in [5.74, 6) is -2.35. The minimum atomic E-state index is -1.04. The van der Waals surface area contributed by atoms with Crippen molar-refractivity contribution in [3.63, 3.8) is 0 Å². The number of alkyl halides is 1. The van der Waals surface area contributed by atoms with E-state index in [1.165, 1.54) is 0 Å². The Kier molecular flexibility index (Phi) is 6.84. The number of carbonyl (C=O) groups is 3. The highest BCUT2D eigenvalue weighted by molar-refractivity contribution is 9.09. The molecule has 0 aromatic rings. The Balaban J connectivity index is 1.95. The van der Waals surface area contributed by atoms with Gasteiger partial charge in [0.1, 0.15) is 11.6 Å². The summed E-state index contributed by atoms with van der Waals surface area (Å²) >= 11 is 3.62. The third-order valence-corrected chi connectivity index (χ3v) is 7.00. The number of nitrogens with one attached hydrogen (secondary N) is 1. The summed E-state index contributed by atoms with van der Waals surface area (Å²) in [6.45, 7) is 8.11. The number of ether oxygens (including phenoxy) is 2. The molecule has 30 heavy (non-hydrogen) atoms. The molecule has 9 heteroatoms. The quantitative estimate of drug-likeness (QED) is 0.303. The van der Waals surface area contributed by atoms with Crippen molar-refractivity contribution in [3.05, 3.63) is 0 Å². The van der Waals surface area contributed by atoms with E-state index in [0.717, 1.165) is 6.42 Å². The van der Waals surface area contributed by atoms with Gasteiger partial charge in [-0.25, -0.2) is 0 Å². The number of carbonyl (C=O) groups excluding carboxylic acids is 3. The number of halogens is 1. The average Bonchev–Trinajstić information content (AvgIpc) is 3.21. The normalized spacial score (nSPS) is 34.9. The molecule has 2 N–H and O–H groups in total. The van der Waals surface area contributed by atoms with Crippen LogP contribution < -0.4 is 5.32 Å². The molecule has 3 aliphatic rings. The molecule has 8 nitrogen and oxygen atoms in total. The lowest BCUT2D eigenvalue weighted by Gasteiger charge is -2.35. The number of nitrogens with zero attached hydrogens (tertiary/aromatic N) is 1. The van der Waals surface area contributed by atoms with Gasteiger partial charge in [-0.05, 0) is 53.4 Å². The van der Waals surface area contributed by atoms with Gasteiger partial charge < -0.3 is 24.8 Å². The first-order valence-electron chi connectivity index (χ1n) is 10.8. The van der Waals surface area contributed by atoms with E-state index in [2.05, 4.69) is 21.2 Å². The Labute approximate surface area is 186 Å². The number of hydrogen-bond acceptors (Lipinski definition) is 6. The van der Waals surface area contributed by atoms with Crippen LogP contribution in [0.25, 0.3) is 0 Å². The molecule has 6 atom stereocenters. The van der Waals surface area contributed by atoms with E-state index in [9.17, 15) is 14.4 Å². The molecule has 3 fully saturated rings. The van der Waals surface area contributed by atoms with E-state index in [-0.39, 0.29) is 29.9 Å². The Bertz CT molecular complexity index is 695. The first kappa shape index (κ1) is 23.5. The van der Waals surface area contributed by atoms with Crippen molar-refractivity contribution in [3.8, 4) is 0 Å². The second kappa shape index (κ2) is 8.74. The van der Waals surface area contributed by atoms with Crippen LogP contribution in [0.1, 0.15) is 53.4 Å². The lowest BCUT2D eigenvalue weighted by Crippen LogP contribution is -2.58. The van der Waals surface area contributed by atoms with Crippen LogP contribution in [-0.2, 0) is 23.9 Å². The smallest absolute Gasteiger partial charge is 0.312 e. The van der Waals surface area contributed by atoms with Crippen LogP contribution in [0, 0.1) is 11.8 Å². The highest BCUT2D eigenvalue weighted by atomic mass is 79.9. The van der Waals surface area contributed by atoms with Crippen molar-refractivity contribution in [2.24, 2.45) is 11.8 Å². The largest absolute Gasteiger partial charge is 0.466 e. The predicted molar refractivity (Wildman–Crippen MR) is 113 cm³/mol. The number of hydrogen-bond donors (Lipinski definition) is 2. The highest BCUT2D eigenvalue weighted by Gasteiger charge is 2.76. The molecule has 0 aromatic heterocycles. The van der Waals surface area contributed by atoms with Gasteiger partial charge in [-0.15, -0.1) is 0 Å². The fourth-order valence-electron chi connectivity index (χ4n) is 5.19. The van der Waals surface area contributed by atoms with Crippen molar-refractivity contribution in [2.45, 2.75) is 81.5 Å². The van der Waals surface area contributed by atoms with Gasteiger partial charge in [0.15, 0.2) is 0 Å². The Morgan fingerprint density at radius 2 is 2.03 bits per heavy atom. The number of unbranched alkanes of at least 4 members (excludes halogenated alkanes) is 2. The standard InChI is InChI=1S/C21H33BrN2O6/c1-5-29-19(28)13-14-18(27)24(9-7-6-8-10-25)16(17(26)23-20(2,3)4)21(14)11-12(22)15(13)30-21/h12-16,25H,5-11H2,1-4H3,(H,23,26)/t12?,13-,14+,15-,16-,21+/m1/s1. The Morgan fingerprint density at radius 3 is 2.63 bits per heavy atom. The van der Waals surface area contributed by atoms with Crippen molar-refractivity contribution >= 4 is 33.7 Å². The summed E-state index contributed by atoms with van der Waals surface area (Å²) in [6.07, 6.45) is 2.05. The monoisotopic (exact) mass is 488 g/mol. The van der Waals surface area contributed by atoms with Crippen molar-refractivity contribution in [2.75, 3.05) is 19.8 Å². The van der Waals surface area contributed by atoms with Crippen LogP contribution in [0.3, 0.4) is 0 Å². The minimum Gasteiger partial charge on any atom is -0.466 e. The lowest BCUT2D eigenvalue weighted by atomic mass is 9.70. The van der Waals surface area contributed by atoms with Gasteiger partial charge in [0.2, 0.25) is 11.8 Å². The maximum atomic E-state index is 13.5. The molecule has 0 aromatic carbocycles. The van der Waals surface area contributed by atoms with Crippen LogP contribution in [0.2, 0.25) is 0 Å². The number of amides is 2. The van der Waals surface area contributed by atoms with Crippen molar-refractivity contribution < 1.29 is 29.0 Å². The maximum absolute atomic E-state index is 13.5. The van der Waals surface area contributed by atoms with Gasteiger partial charge in [-0.2, -0.15) is 0 Å². The van der Waals surface area contributed by atoms with Crippen molar-refractivity contribution in [1.82, 2.24) is 10.2 Å². The molecule has 170 valence electrons. The topological polar surface area (TPSA) is 105 Å². The third kappa shape index (κ3) is 4.00. The molecule has 3 saturated heterocycles. The Morgan fingerprint density at radius 1 is 1.33 bits per heavy atom. The molecule has 3 aliphatic heterocycles. The average molecular weight is 489 g/mol. The van der Waals surface area contributed by atoms with Gasteiger partial charge in [-0.3, -0.25) is 14.4 Å². The molecule has 0 saturated carbocycles.